The first-order valence-electron chi connectivity index (χ1n) is 7.71. The second-order valence-corrected chi connectivity index (χ2v) is 7.24. The molecule has 0 fully saturated rings. The van der Waals surface area contributed by atoms with E-state index in [2.05, 4.69) is 4.98 Å². The molecule has 0 spiro atoms. The van der Waals surface area contributed by atoms with Gasteiger partial charge in [-0.1, -0.05) is 48.5 Å². The minimum absolute atomic E-state index is 0.00619. The number of pyridine rings is 1. The first-order valence-corrected chi connectivity index (χ1v) is 9.15. The van der Waals surface area contributed by atoms with E-state index < -0.39 is 20.6 Å². The third-order valence-electron chi connectivity index (χ3n) is 3.70. The zero-order valence-corrected chi connectivity index (χ0v) is 14.4. The van der Waals surface area contributed by atoms with Gasteiger partial charge in [0.1, 0.15) is 5.82 Å². The van der Waals surface area contributed by atoms with Crippen LogP contribution in [-0.4, -0.2) is 18.3 Å². The number of rotatable bonds is 6. The van der Waals surface area contributed by atoms with Gasteiger partial charge in [-0.15, -0.1) is 0 Å². The summed E-state index contributed by atoms with van der Waals surface area (Å²) in [4.78, 5) is 14.3. The van der Waals surface area contributed by atoms with Crippen molar-refractivity contribution in [3.05, 3.63) is 94.7 Å². The fourth-order valence-corrected chi connectivity index (χ4v) is 4.05. The predicted octanol–water partition coefficient (Wildman–Crippen LogP) is 3.39. The van der Waals surface area contributed by atoms with Crippen LogP contribution < -0.4 is 4.31 Å². The molecule has 0 aliphatic rings. The van der Waals surface area contributed by atoms with Crippen molar-refractivity contribution in [1.29, 1.82) is 0 Å². The molecule has 0 saturated heterocycles. The van der Waals surface area contributed by atoms with Gasteiger partial charge in [-0.05, 0) is 23.8 Å². The lowest BCUT2D eigenvalue weighted by atomic mass is 10.2. The summed E-state index contributed by atoms with van der Waals surface area (Å²) in [7, 11) is -4.20. The first kappa shape index (κ1) is 17.6. The maximum atomic E-state index is 13.2. The highest BCUT2D eigenvalue weighted by atomic mass is 32.2. The SMILES string of the molecule is O=[N+]([O-])c1ccccc1S(=O)(=O)N(Cc1ccccc1)c1ccccn1. The van der Waals surface area contributed by atoms with Gasteiger partial charge in [0, 0.05) is 12.3 Å². The van der Waals surface area contributed by atoms with E-state index in [0.717, 1.165) is 9.87 Å². The van der Waals surface area contributed by atoms with Crippen LogP contribution in [0.2, 0.25) is 0 Å². The van der Waals surface area contributed by atoms with Crippen molar-refractivity contribution in [1.82, 2.24) is 4.98 Å². The molecule has 8 heteroatoms. The van der Waals surface area contributed by atoms with Gasteiger partial charge < -0.3 is 0 Å². The fourth-order valence-electron chi connectivity index (χ4n) is 2.48. The number of nitro groups is 1. The van der Waals surface area contributed by atoms with Crippen LogP contribution in [0.3, 0.4) is 0 Å². The van der Waals surface area contributed by atoms with Crippen LogP contribution in [-0.2, 0) is 16.6 Å². The zero-order valence-electron chi connectivity index (χ0n) is 13.6. The quantitative estimate of drug-likeness (QED) is 0.490. The van der Waals surface area contributed by atoms with Gasteiger partial charge in [-0.3, -0.25) is 10.1 Å². The Kier molecular flexibility index (Phi) is 4.94. The van der Waals surface area contributed by atoms with Gasteiger partial charge >= 0.3 is 0 Å². The number of anilines is 1. The third kappa shape index (κ3) is 3.55. The molecule has 3 rings (SSSR count). The predicted molar refractivity (Wildman–Crippen MR) is 97.1 cm³/mol. The van der Waals surface area contributed by atoms with Crippen molar-refractivity contribution < 1.29 is 13.3 Å². The highest BCUT2D eigenvalue weighted by molar-refractivity contribution is 7.93. The van der Waals surface area contributed by atoms with E-state index in [1.54, 1.807) is 42.5 Å². The molecule has 0 aliphatic heterocycles. The molecule has 1 aromatic heterocycles. The van der Waals surface area contributed by atoms with E-state index in [9.17, 15) is 18.5 Å². The average molecular weight is 369 g/mol. The lowest BCUT2D eigenvalue weighted by molar-refractivity contribution is -0.387. The van der Waals surface area contributed by atoms with Gasteiger partial charge in [0.05, 0.1) is 11.5 Å². The Morgan fingerprint density at radius 1 is 0.923 bits per heavy atom. The van der Waals surface area contributed by atoms with Gasteiger partial charge in [0.2, 0.25) is 0 Å². The van der Waals surface area contributed by atoms with E-state index in [1.165, 1.54) is 30.5 Å². The summed E-state index contributed by atoms with van der Waals surface area (Å²) in [6, 6.07) is 19.2. The van der Waals surface area contributed by atoms with Crippen molar-refractivity contribution in [2.75, 3.05) is 4.31 Å². The Morgan fingerprint density at radius 2 is 1.58 bits per heavy atom. The molecule has 0 bridgehead atoms. The number of nitro benzene ring substituents is 1. The zero-order chi connectivity index (χ0) is 18.6. The van der Waals surface area contributed by atoms with Crippen molar-refractivity contribution in [2.24, 2.45) is 0 Å². The molecule has 7 nitrogen and oxygen atoms in total. The Labute approximate surface area is 150 Å². The summed E-state index contributed by atoms with van der Waals surface area (Å²) in [5, 5.41) is 11.3. The lowest BCUT2D eigenvalue weighted by Gasteiger charge is -2.23. The highest BCUT2D eigenvalue weighted by Crippen LogP contribution is 2.30. The summed E-state index contributed by atoms with van der Waals surface area (Å²) in [6.07, 6.45) is 1.47. The molecule has 0 atom stereocenters. The largest absolute Gasteiger partial charge is 0.289 e. The van der Waals surface area contributed by atoms with E-state index in [1.807, 2.05) is 6.07 Å². The Hall–Kier alpha value is -3.26. The topological polar surface area (TPSA) is 93.4 Å². The third-order valence-corrected chi connectivity index (χ3v) is 5.50. The Morgan fingerprint density at radius 3 is 2.23 bits per heavy atom. The van der Waals surface area contributed by atoms with Crippen LogP contribution in [0.5, 0.6) is 0 Å². The van der Waals surface area contributed by atoms with E-state index in [-0.39, 0.29) is 17.3 Å². The van der Waals surface area contributed by atoms with E-state index >= 15 is 0 Å². The van der Waals surface area contributed by atoms with Crippen molar-refractivity contribution in [3.8, 4) is 0 Å². The second kappa shape index (κ2) is 7.32. The molecular weight excluding hydrogens is 354 g/mol. The van der Waals surface area contributed by atoms with Gasteiger partial charge in [-0.25, -0.2) is 17.7 Å². The van der Waals surface area contributed by atoms with E-state index in [4.69, 9.17) is 0 Å². The van der Waals surface area contributed by atoms with Crippen molar-refractivity contribution in [3.63, 3.8) is 0 Å². The lowest BCUT2D eigenvalue weighted by Crippen LogP contribution is -2.31. The van der Waals surface area contributed by atoms with Crippen molar-refractivity contribution >= 4 is 21.5 Å². The summed E-state index contributed by atoms with van der Waals surface area (Å²) < 4.78 is 27.6. The highest BCUT2D eigenvalue weighted by Gasteiger charge is 2.32. The number of sulfonamides is 1. The van der Waals surface area contributed by atoms with Gasteiger partial charge in [0.25, 0.3) is 15.7 Å². The summed E-state index contributed by atoms with van der Waals surface area (Å²) in [6.45, 7) is 0.00619. The van der Waals surface area contributed by atoms with Crippen molar-refractivity contribution in [2.45, 2.75) is 11.4 Å². The minimum Gasteiger partial charge on any atom is -0.258 e. The molecule has 26 heavy (non-hydrogen) atoms. The average Bonchev–Trinajstić information content (AvgIpc) is 2.67. The van der Waals surface area contributed by atoms with Crippen LogP contribution in [0.4, 0.5) is 11.5 Å². The smallest absolute Gasteiger partial charge is 0.258 e. The van der Waals surface area contributed by atoms with Gasteiger partial charge in [-0.2, -0.15) is 0 Å². The summed E-state index contributed by atoms with van der Waals surface area (Å²) in [5.74, 6) is 0.189. The maximum Gasteiger partial charge on any atom is 0.289 e. The molecule has 0 N–H and O–H groups in total. The van der Waals surface area contributed by atoms with E-state index in [0.29, 0.717) is 0 Å². The molecule has 1 heterocycles. The van der Waals surface area contributed by atoms with Crippen LogP contribution >= 0.6 is 0 Å². The number of aromatic nitrogens is 1. The number of hydrogen-bond donors (Lipinski definition) is 0. The second-order valence-electron chi connectivity index (χ2n) is 5.41. The summed E-state index contributed by atoms with van der Waals surface area (Å²) in [5.41, 5.74) is 0.266. The number of benzene rings is 2. The Bertz CT molecular complexity index is 1010. The first-order chi connectivity index (χ1) is 12.5. The normalized spacial score (nSPS) is 11.1. The molecule has 0 saturated carbocycles. The molecule has 2 aromatic carbocycles. The number of nitrogens with zero attached hydrogens (tertiary/aromatic N) is 3. The van der Waals surface area contributed by atoms with Crippen LogP contribution in [0, 0.1) is 10.1 Å². The van der Waals surface area contributed by atoms with Crippen LogP contribution in [0.25, 0.3) is 0 Å². The Balaban J connectivity index is 2.14. The van der Waals surface area contributed by atoms with Crippen LogP contribution in [0.15, 0.2) is 83.9 Å². The maximum absolute atomic E-state index is 13.2. The molecular formula is C18H15N3O4S. The van der Waals surface area contributed by atoms with Crippen LogP contribution in [0.1, 0.15) is 5.56 Å². The summed E-state index contributed by atoms with van der Waals surface area (Å²) >= 11 is 0. The fraction of sp³-hybridized carbons (Fsp3) is 0.0556. The monoisotopic (exact) mass is 369 g/mol. The van der Waals surface area contributed by atoms with Gasteiger partial charge in [0.15, 0.2) is 4.90 Å². The molecule has 0 amide bonds. The molecule has 0 unspecified atom stereocenters. The molecule has 0 radical (unpaired) electrons. The standard InChI is InChI=1S/C18H15N3O4S/c22-21(23)16-10-4-5-11-17(16)26(24,25)20(18-12-6-7-13-19-18)14-15-8-2-1-3-9-15/h1-13H,14H2. The number of para-hydroxylation sites is 1. The molecule has 3 aromatic rings. The number of hydrogen-bond acceptors (Lipinski definition) is 5. The minimum atomic E-state index is -4.20. The molecule has 132 valence electrons. The molecule has 0 aliphatic carbocycles.